The number of rotatable bonds is 4. The molecule has 1 atom stereocenters. The van der Waals surface area contributed by atoms with Gasteiger partial charge in [-0.3, -0.25) is 4.79 Å². The largest absolute Gasteiger partial charge is 0.458 e. The Morgan fingerprint density at radius 3 is 2.78 bits per heavy atom. The fourth-order valence-corrected chi connectivity index (χ4v) is 3.21. The zero-order chi connectivity index (χ0) is 18.6. The van der Waals surface area contributed by atoms with Crippen LogP contribution in [-0.4, -0.2) is 45.1 Å². The Kier molecular flexibility index (Phi) is 5.15. The fourth-order valence-electron chi connectivity index (χ4n) is 3.01. The minimum atomic E-state index is -0.161. The number of carbonyl (C=O) groups excluding carboxylic acids is 1. The molecule has 0 N–H and O–H groups in total. The van der Waals surface area contributed by atoms with Crippen LogP contribution in [0.5, 0.6) is 6.01 Å². The highest BCUT2D eigenvalue weighted by Gasteiger charge is 2.28. The molecule has 8 heteroatoms. The number of carbonyl (C=O) groups is 1. The lowest BCUT2D eigenvalue weighted by Crippen LogP contribution is -2.44. The predicted octanol–water partition coefficient (Wildman–Crippen LogP) is 3.58. The molecular formula is C19H17BrN4O3. The molecule has 0 radical (unpaired) electrons. The molecule has 1 fully saturated rings. The normalized spacial score (nSPS) is 16.9. The highest BCUT2D eigenvalue weighted by Crippen LogP contribution is 2.22. The van der Waals surface area contributed by atoms with Crippen molar-refractivity contribution in [1.29, 1.82) is 0 Å². The topological polar surface area (TPSA) is 81.4 Å². The van der Waals surface area contributed by atoms with E-state index in [0.29, 0.717) is 30.6 Å². The molecule has 138 valence electrons. The first-order valence-electron chi connectivity index (χ1n) is 8.64. The third-order valence-electron chi connectivity index (χ3n) is 4.32. The number of halogens is 1. The third kappa shape index (κ3) is 4.16. The lowest BCUT2D eigenvalue weighted by Gasteiger charge is -2.31. The molecule has 1 aromatic carbocycles. The zero-order valence-corrected chi connectivity index (χ0v) is 16.0. The molecule has 1 amide bonds. The maximum absolute atomic E-state index is 12.8. The van der Waals surface area contributed by atoms with Crippen molar-refractivity contribution in [2.45, 2.75) is 18.9 Å². The lowest BCUT2D eigenvalue weighted by atomic mass is 10.1. The van der Waals surface area contributed by atoms with E-state index in [9.17, 15) is 4.79 Å². The van der Waals surface area contributed by atoms with E-state index in [0.717, 1.165) is 22.9 Å². The second-order valence-corrected chi connectivity index (χ2v) is 7.18. The highest BCUT2D eigenvalue weighted by molar-refractivity contribution is 9.10. The van der Waals surface area contributed by atoms with Gasteiger partial charge in [0.05, 0.1) is 11.0 Å². The second-order valence-electron chi connectivity index (χ2n) is 6.26. The molecule has 2 aromatic heterocycles. The molecule has 4 rings (SSSR count). The van der Waals surface area contributed by atoms with Gasteiger partial charge in [-0.1, -0.05) is 35.5 Å². The molecule has 0 spiro atoms. The first-order valence-corrected chi connectivity index (χ1v) is 9.44. The van der Waals surface area contributed by atoms with E-state index in [-0.39, 0.29) is 12.0 Å². The van der Waals surface area contributed by atoms with Gasteiger partial charge in [-0.05, 0) is 28.8 Å². The minimum Gasteiger partial charge on any atom is -0.458 e. The molecule has 27 heavy (non-hydrogen) atoms. The van der Waals surface area contributed by atoms with Gasteiger partial charge in [0, 0.05) is 30.6 Å². The van der Waals surface area contributed by atoms with Gasteiger partial charge in [-0.25, -0.2) is 9.97 Å². The number of benzene rings is 1. The Morgan fingerprint density at radius 2 is 2.00 bits per heavy atom. The van der Waals surface area contributed by atoms with Gasteiger partial charge in [0.2, 0.25) is 0 Å². The summed E-state index contributed by atoms with van der Waals surface area (Å²) in [5.74, 6) is 0.415. The third-order valence-corrected chi connectivity index (χ3v) is 4.73. The molecule has 1 aliphatic rings. The van der Waals surface area contributed by atoms with Crippen molar-refractivity contribution in [3.63, 3.8) is 0 Å². The standard InChI is InChI=1S/C19H17BrN4O3/c20-14-10-21-19(22-11-14)26-15-7-4-8-24(12-15)18(25)16-9-17(27-23-16)13-5-2-1-3-6-13/h1-3,5-6,9-11,15H,4,7-8,12H2. The van der Waals surface area contributed by atoms with Crippen LogP contribution in [0, 0.1) is 0 Å². The van der Waals surface area contributed by atoms with Crippen LogP contribution < -0.4 is 4.74 Å². The first-order chi connectivity index (χ1) is 13.2. The zero-order valence-electron chi connectivity index (χ0n) is 14.4. The van der Waals surface area contributed by atoms with Crippen LogP contribution >= 0.6 is 15.9 Å². The van der Waals surface area contributed by atoms with E-state index in [4.69, 9.17) is 9.26 Å². The number of likely N-dealkylation sites (tertiary alicyclic amines) is 1. The summed E-state index contributed by atoms with van der Waals surface area (Å²) in [5, 5.41) is 3.95. The van der Waals surface area contributed by atoms with Crippen LogP contribution in [0.15, 0.2) is 57.8 Å². The average molecular weight is 429 g/mol. The van der Waals surface area contributed by atoms with Crippen LogP contribution in [0.1, 0.15) is 23.3 Å². The minimum absolute atomic E-state index is 0.149. The fraction of sp³-hybridized carbons (Fsp3) is 0.263. The van der Waals surface area contributed by atoms with Crippen molar-refractivity contribution in [2.24, 2.45) is 0 Å². The molecule has 0 saturated carbocycles. The van der Waals surface area contributed by atoms with Gasteiger partial charge < -0.3 is 14.2 Å². The smallest absolute Gasteiger partial charge is 0.316 e. The van der Waals surface area contributed by atoms with Gasteiger partial charge in [-0.15, -0.1) is 0 Å². The number of nitrogens with zero attached hydrogens (tertiary/aromatic N) is 4. The van der Waals surface area contributed by atoms with Crippen molar-refractivity contribution in [3.05, 3.63) is 59.0 Å². The van der Waals surface area contributed by atoms with Gasteiger partial charge in [-0.2, -0.15) is 0 Å². The maximum Gasteiger partial charge on any atom is 0.316 e. The molecular weight excluding hydrogens is 412 g/mol. The number of piperidine rings is 1. The summed E-state index contributed by atoms with van der Waals surface area (Å²) >= 11 is 3.29. The lowest BCUT2D eigenvalue weighted by molar-refractivity contribution is 0.0507. The predicted molar refractivity (Wildman–Crippen MR) is 101 cm³/mol. The van der Waals surface area contributed by atoms with Crippen LogP contribution in [0.3, 0.4) is 0 Å². The number of hydrogen-bond donors (Lipinski definition) is 0. The molecule has 1 aliphatic heterocycles. The van der Waals surface area contributed by atoms with Gasteiger partial charge >= 0.3 is 6.01 Å². The molecule has 7 nitrogen and oxygen atoms in total. The summed E-state index contributed by atoms with van der Waals surface area (Å²) in [5.41, 5.74) is 1.19. The van der Waals surface area contributed by atoms with Gasteiger partial charge in [0.25, 0.3) is 5.91 Å². The van der Waals surface area contributed by atoms with Crippen molar-refractivity contribution in [1.82, 2.24) is 20.0 Å². The van der Waals surface area contributed by atoms with Crippen molar-refractivity contribution in [2.75, 3.05) is 13.1 Å². The number of hydrogen-bond acceptors (Lipinski definition) is 6. The summed E-state index contributed by atoms with van der Waals surface area (Å²) < 4.78 is 12.0. The summed E-state index contributed by atoms with van der Waals surface area (Å²) in [6.07, 6.45) is 4.81. The Morgan fingerprint density at radius 1 is 1.22 bits per heavy atom. The first kappa shape index (κ1) is 17.7. The quantitative estimate of drug-likeness (QED) is 0.631. The molecule has 0 bridgehead atoms. The van der Waals surface area contributed by atoms with Gasteiger partial charge in [0.1, 0.15) is 6.10 Å². The Hall–Kier alpha value is -2.74. The number of amides is 1. The SMILES string of the molecule is O=C(c1cc(-c2ccccc2)on1)N1CCCC(Oc2ncc(Br)cn2)C1. The van der Waals surface area contributed by atoms with E-state index in [2.05, 4.69) is 31.1 Å². The Labute approximate surface area is 164 Å². The van der Waals surface area contributed by atoms with E-state index < -0.39 is 0 Å². The molecule has 3 aromatic rings. The molecule has 0 aliphatic carbocycles. The van der Waals surface area contributed by atoms with Gasteiger partial charge in [0.15, 0.2) is 11.5 Å². The monoisotopic (exact) mass is 428 g/mol. The van der Waals surface area contributed by atoms with Crippen molar-refractivity contribution < 1.29 is 14.1 Å². The molecule has 1 saturated heterocycles. The van der Waals surface area contributed by atoms with Crippen LogP contribution in [-0.2, 0) is 0 Å². The van der Waals surface area contributed by atoms with Crippen molar-refractivity contribution >= 4 is 21.8 Å². The van der Waals surface area contributed by atoms with E-state index in [1.54, 1.807) is 23.4 Å². The summed E-state index contributed by atoms with van der Waals surface area (Å²) in [6.45, 7) is 1.12. The Bertz CT molecular complexity index is 914. The van der Waals surface area contributed by atoms with Crippen LogP contribution in [0.4, 0.5) is 0 Å². The van der Waals surface area contributed by atoms with Crippen molar-refractivity contribution in [3.8, 4) is 17.3 Å². The average Bonchev–Trinajstić information content (AvgIpc) is 3.20. The van der Waals surface area contributed by atoms with E-state index in [1.165, 1.54) is 0 Å². The molecule has 3 heterocycles. The van der Waals surface area contributed by atoms with Crippen LogP contribution in [0.25, 0.3) is 11.3 Å². The number of aromatic nitrogens is 3. The van der Waals surface area contributed by atoms with Crippen LogP contribution in [0.2, 0.25) is 0 Å². The Balaban J connectivity index is 1.43. The summed E-state index contributed by atoms with van der Waals surface area (Å²) in [6, 6.07) is 11.6. The highest BCUT2D eigenvalue weighted by atomic mass is 79.9. The van der Waals surface area contributed by atoms with E-state index >= 15 is 0 Å². The molecule has 1 unspecified atom stereocenters. The number of ether oxygens (including phenoxy) is 1. The van der Waals surface area contributed by atoms with E-state index in [1.807, 2.05) is 30.3 Å². The maximum atomic E-state index is 12.8. The summed E-state index contributed by atoms with van der Waals surface area (Å²) in [7, 11) is 0. The second kappa shape index (κ2) is 7.87. The summed E-state index contributed by atoms with van der Waals surface area (Å²) in [4.78, 5) is 22.8.